The normalized spacial score (nSPS) is 20.2. The smallest absolute Gasteiger partial charge is 0.0540 e. The van der Waals surface area contributed by atoms with Crippen molar-refractivity contribution in [2.24, 2.45) is 0 Å². The van der Waals surface area contributed by atoms with Gasteiger partial charge in [0.05, 0.1) is 12.2 Å². The maximum Gasteiger partial charge on any atom is 0.0540 e. The van der Waals surface area contributed by atoms with E-state index in [2.05, 4.69) is 28.9 Å². The fourth-order valence-corrected chi connectivity index (χ4v) is 2.89. The largest absolute Gasteiger partial charge is 0.313 e. The Morgan fingerprint density at radius 2 is 1.94 bits per heavy atom. The molecular weight excluding hydrogens is 210 g/mol. The highest BCUT2D eigenvalue weighted by atomic mass is 15.3. The lowest BCUT2D eigenvalue weighted by Gasteiger charge is -2.18. The van der Waals surface area contributed by atoms with Gasteiger partial charge in [0.1, 0.15) is 0 Å². The molecule has 0 amide bonds. The van der Waals surface area contributed by atoms with Crippen molar-refractivity contribution < 1.29 is 0 Å². The molecule has 1 aliphatic rings. The Hall–Kier alpha value is -0.830. The van der Waals surface area contributed by atoms with Crippen LogP contribution < -0.4 is 5.32 Å². The zero-order valence-corrected chi connectivity index (χ0v) is 11.4. The first kappa shape index (κ1) is 12.6. The number of hydrogen-bond acceptors (Lipinski definition) is 2. The first-order chi connectivity index (χ1) is 8.24. The quantitative estimate of drug-likeness (QED) is 0.814. The molecule has 0 radical (unpaired) electrons. The molecule has 1 unspecified atom stereocenters. The van der Waals surface area contributed by atoms with Gasteiger partial charge in [0.25, 0.3) is 0 Å². The first-order valence-electron chi connectivity index (χ1n) is 6.95. The van der Waals surface area contributed by atoms with Crippen molar-refractivity contribution in [1.29, 1.82) is 0 Å². The standard InChI is InChI=1S/C14H25N3/c1-11(15-3)14-10-16-17(12(14)2)13-8-6-4-5-7-9-13/h10-11,13,15H,4-9H2,1-3H3. The lowest BCUT2D eigenvalue weighted by Crippen LogP contribution is -2.15. The molecule has 3 heteroatoms. The summed E-state index contributed by atoms with van der Waals surface area (Å²) in [6, 6.07) is 1.03. The molecule has 1 atom stereocenters. The molecule has 2 rings (SSSR count). The second-order valence-corrected chi connectivity index (χ2v) is 5.29. The Labute approximate surface area is 105 Å². The minimum absolute atomic E-state index is 0.398. The van der Waals surface area contributed by atoms with Crippen LogP contribution in [-0.2, 0) is 0 Å². The summed E-state index contributed by atoms with van der Waals surface area (Å²) in [6.07, 6.45) is 10.2. The Bertz CT molecular complexity index is 348. The topological polar surface area (TPSA) is 29.9 Å². The van der Waals surface area contributed by atoms with E-state index in [4.69, 9.17) is 0 Å². The lowest BCUT2D eigenvalue weighted by molar-refractivity contribution is 0.397. The second kappa shape index (κ2) is 5.67. The van der Waals surface area contributed by atoms with Gasteiger partial charge < -0.3 is 5.32 Å². The van der Waals surface area contributed by atoms with Crippen LogP contribution in [0.4, 0.5) is 0 Å². The molecule has 1 saturated carbocycles. The van der Waals surface area contributed by atoms with Crippen molar-refractivity contribution in [3.05, 3.63) is 17.5 Å². The van der Waals surface area contributed by atoms with Crippen LogP contribution in [0.5, 0.6) is 0 Å². The van der Waals surface area contributed by atoms with Crippen LogP contribution in [0.2, 0.25) is 0 Å². The lowest BCUT2D eigenvalue weighted by atomic mass is 10.1. The molecule has 0 aliphatic heterocycles. The number of nitrogens with one attached hydrogen (secondary N) is 1. The zero-order valence-electron chi connectivity index (χ0n) is 11.4. The van der Waals surface area contributed by atoms with Crippen LogP contribution in [0.25, 0.3) is 0 Å². The van der Waals surface area contributed by atoms with Gasteiger partial charge in [0.15, 0.2) is 0 Å². The molecule has 1 aromatic heterocycles. The summed E-state index contributed by atoms with van der Waals surface area (Å²) in [5.41, 5.74) is 2.69. The predicted octanol–water partition coefficient (Wildman–Crippen LogP) is 3.37. The maximum atomic E-state index is 4.63. The Morgan fingerprint density at radius 3 is 2.53 bits per heavy atom. The van der Waals surface area contributed by atoms with Crippen LogP contribution in [-0.4, -0.2) is 16.8 Å². The van der Waals surface area contributed by atoms with Gasteiger partial charge in [0.2, 0.25) is 0 Å². The minimum Gasteiger partial charge on any atom is -0.313 e. The van der Waals surface area contributed by atoms with Crippen molar-refractivity contribution in [3.8, 4) is 0 Å². The molecular formula is C14H25N3. The van der Waals surface area contributed by atoms with E-state index in [9.17, 15) is 0 Å². The van der Waals surface area contributed by atoms with Crippen molar-refractivity contribution in [3.63, 3.8) is 0 Å². The van der Waals surface area contributed by atoms with E-state index < -0.39 is 0 Å². The van der Waals surface area contributed by atoms with Gasteiger partial charge >= 0.3 is 0 Å². The third-order valence-corrected chi connectivity index (χ3v) is 4.15. The molecule has 1 aromatic rings. The van der Waals surface area contributed by atoms with E-state index in [1.54, 1.807) is 0 Å². The summed E-state index contributed by atoms with van der Waals surface area (Å²) in [5, 5.41) is 7.92. The van der Waals surface area contributed by atoms with Gasteiger partial charge in [-0.15, -0.1) is 0 Å². The number of hydrogen-bond donors (Lipinski definition) is 1. The summed E-state index contributed by atoms with van der Waals surface area (Å²) in [5.74, 6) is 0. The third kappa shape index (κ3) is 2.71. The zero-order chi connectivity index (χ0) is 12.3. The highest BCUT2D eigenvalue weighted by molar-refractivity contribution is 5.20. The van der Waals surface area contributed by atoms with Crippen LogP contribution in [0, 0.1) is 6.92 Å². The van der Waals surface area contributed by atoms with Crippen molar-refractivity contribution in [1.82, 2.24) is 15.1 Å². The summed E-state index contributed by atoms with van der Waals surface area (Å²) < 4.78 is 2.27. The van der Waals surface area contributed by atoms with E-state index in [0.717, 1.165) is 0 Å². The number of aromatic nitrogens is 2. The first-order valence-corrected chi connectivity index (χ1v) is 6.95. The molecule has 0 bridgehead atoms. The van der Waals surface area contributed by atoms with Gasteiger partial charge in [-0.05, 0) is 33.7 Å². The van der Waals surface area contributed by atoms with E-state index >= 15 is 0 Å². The fourth-order valence-electron chi connectivity index (χ4n) is 2.89. The fraction of sp³-hybridized carbons (Fsp3) is 0.786. The van der Waals surface area contributed by atoms with Crippen molar-refractivity contribution in [2.75, 3.05) is 7.05 Å². The molecule has 1 heterocycles. The SMILES string of the molecule is CNC(C)c1cnn(C2CCCCCC2)c1C. The summed E-state index contributed by atoms with van der Waals surface area (Å²) in [7, 11) is 2.01. The average molecular weight is 235 g/mol. The van der Waals surface area contributed by atoms with E-state index in [-0.39, 0.29) is 0 Å². The summed E-state index contributed by atoms with van der Waals surface area (Å²) >= 11 is 0. The Kier molecular flexibility index (Phi) is 4.21. The third-order valence-electron chi connectivity index (χ3n) is 4.15. The van der Waals surface area contributed by atoms with Crippen LogP contribution in [0.1, 0.15) is 68.8 Å². The minimum atomic E-state index is 0.398. The average Bonchev–Trinajstić information content (AvgIpc) is 2.57. The van der Waals surface area contributed by atoms with E-state index in [0.29, 0.717) is 12.1 Å². The predicted molar refractivity (Wildman–Crippen MR) is 71.2 cm³/mol. The summed E-state index contributed by atoms with van der Waals surface area (Å²) in [4.78, 5) is 0. The molecule has 1 fully saturated rings. The molecule has 0 spiro atoms. The molecule has 0 aromatic carbocycles. The van der Waals surface area contributed by atoms with Crippen LogP contribution in [0.3, 0.4) is 0 Å². The molecule has 0 saturated heterocycles. The van der Waals surface area contributed by atoms with Crippen molar-refractivity contribution >= 4 is 0 Å². The summed E-state index contributed by atoms with van der Waals surface area (Å²) in [6.45, 7) is 4.41. The molecule has 1 aliphatic carbocycles. The number of nitrogens with zero attached hydrogens (tertiary/aromatic N) is 2. The van der Waals surface area contributed by atoms with Gasteiger partial charge in [-0.1, -0.05) is 25.7 Å². The van der Waals surface area contributed by atoms with Crippen LogP contribution in [0.15, 0.2) is 6.20 Å². The van der Waals surface area contributed by atoms with E-state index in [1.807, 2.05) is 13.2 Å². The molecule has 96 valence electrons. The maximum absolute atomic E-state index is 4.63. The second-order valence-electron chi connectivity index (χ2n) is 5.29. The van der Waals surface area contributed by atoms with Gasteiger partial charge in [0, 0.05) is 17.3 Å². The Balaban J connectivity index is 2.17. The van der Waals surface area contributed by atoms with Crippen LogP contribution >= 0.6 is 0 Å². The molecule has 17 heavy (non-hydrogen) atoms. The Morgan fingerprint density at radius 1 is 1.29 bits per heavy atom. The highest BCUT2D eigenvalue weighted by Crippen LogP contribution is 2.29. The number of rotatable bonds is 3. The van der Waals surface area contributed by atoms with E-state index in [1.165, 1.54) is 49.8 Å². The van der Waals surface area contributed by atoms with Gasteiger partial charge in [-0.3, -0.25) is 4.68 Å². The molecule has 1 N–H and O–H groups in total. The van der Waals surface area contributed by atoms with Gasteiger partial charge in [-0.2, -0.15) is 5.10 Å². The van der Waals surface area contributed by atoms with Gasteiger partial charge in [-0.25, -0.2) is 0 Å². The molecule has 3 nitrogen and oxygen atoms in total. The highest BCUT2D eigenvalue weighted by Gasteiger charge is 2.19. The monoisotopic (exact) mass is 235 g/mol. The van der Waals surface area contributed by atoms with Crippen molar-refractivity contribution in [2.45, 2.75) is 64.5 Å².